The quantitative estimate of drug-likeness (QED) is 0.640. The Labute approximate surface area is 105 Å². The van der Waals surface area contributed by atoms with Gasteiger partial charge in [0.15, 0.2) is 6.29 Å². The van der Waals surface area contributed by atoms with E-state index in [1.165, 1.54) is 12.1 Å². The van der Waals surface area contributed by atoms with Gasteiger partial charge in [0.25, 0.3) is 5.69 Å². The maximum atomic E-state index is 10.6. The van der Waals surface area contributed by atoms with Gasteiger partial charge >= 0.3 is 0 Å². The van der Waals surface area contributed by atoms with E-state index in [9.17, 15) is 10.1 Å². The van der Waals surface area contributed by atoms with Crippen LogP contribution < -0.4 is 5.73 Å². The van der Waals surface area contributed by atoms with Crippen LogP contribution in [0.15, 0.2) is 24.3 Å². The predicted molar refractivity (Wildman–Crippen MR) is 65.0 cm³/mol. The highest BCUT2D eigenvalue weighted by molar-refractivity contribution is 5.33. The molecule has 1 saturated heterocycles. The third kappa shape index (κ3) is 3.25. The summed E-state index contributed by atoms with van der Waals surface area (Å²) >= 11 is 0. The molecule has 0 bridgehead atoms. The van der Waals surface area contributed by atoms with Crippen molar-refractivity contribution in [2.24, 2.45) is 5.73 Å². The molecule has 6 heteroatoms. The molecule has 0 saturated carbocycles. The Balaban J connectivity index is 2.06. The Bertz CT molecular complexity index is 407. The van der Waals surface area contributed by atoms with Gasteiger partial charge in [-0.25, -0.2) is 0 Å². The lowest BCUT2D eigenvalue weighted by Gasteiger charge is -2.24. The second-order valence-electron chi connectivity index (χ2n) is 4.29. The van der Waals surface area contributed by atoms with Crippen molar-refractivity contribution in [2.45, 2.75) is 25.2 Å². The third-order valence-corrected chi connectivity index (χ3v) is 2.83. The number of nitrogens with two attached hydrogens (primary N) is 1. The van der Waals surface area contributed by atoms with Gasteiger partial charge in [-0.15, -0.1) is 0 Å². The first-order valence-corrected chi connectivity index (χ1v) is 5.90. The van der Waals surface area contributed by atoms with E-state index in [2.05, 4.69) is 0 Å². The molecule has 0 unspecified atom stereocenters. The van der Waals surface area contributed by atoms with Gasteiger partial charge in [-0.1, -0.05) is 0 Å². The predicted octanol–water partition coefficient (Wildman–Crippen LogP) is 1.75. The number of nitrogens with zero attached hydrogens (tertiary/aromatic N) is 1. The molecule has 0 radical (unpaired) electrons. The lowest BCUT2D eigenvalue weighted by Crippen LogP contribution is -2.30. The van der Waals surface area contributed by atoms with Crippen molar-refractivity contribution in [3.63, 3.8) is 0 Å². The summed E-state index contributed by atoms with van der Waals surface area (Å²) < 4.78 is 11.1. The smallest absolute Gasteiger partial charge is 0.269 e. The second kappa shape index (κ2) is 5.90. The van der Waals surface area contributed by atoms with Crippen molar-refractivity contribution in [2.75, 3.05) is 13.2 Å². The van der Waals surface area contributed by atoms with E-state index in [4.69, 9.17) is 15.2 Å². The highest BCUT2D eigenvalue weighted by Crippen LogP contribution is 2.23. The molecule has 0 aliphatic carbocycles. The Morgan fingerprint density at radius 3 is 2.67 bits per heavy atom. The van der Waals surface area contributed by atoms with Crippen LogP contribution in [0, 0.1) is 10.1 Å². The zero-order chi connectivity index (χ0) is 13.0. The van der Waals surface area contributed by atoms with Crippen LogP contribution >= 0.6 is 0 Å². The molecule has 0 spiro atoms. The summed E-state index contributed by atoms with van der Waals surface area (Å²) in [5.41, 5.74) is 6.67. The number of nitro groups is 1. The lowest BCUT2D eigenvalue weighted by molar-refractivity contribution is -0.384. The molecule has 1 fully saturated rings. The molecule has 0 amide bonds. The SMILES string of the molecule is N[C@H]1CCCO[C@@H](c2ccc([N+](=O)[O-])cc2)OC1. The molecule has 1 heterocycles. The largest absolute Gasteiger partial charge is 0.348 e. The summed E-state index contributed by atoms with van der Waals surface area (Å²) in [6.45, 7) is 1.01. The molecule has 1 aromatic rings. The van der Waals surface area contributed by atoms with Gasteiger partial charge in [0.1, 0.15) is 0 Å². The summed E-state index contributed by atoms with van der Waals surface area (Å²) in [5, 5.41) is 10.6. The van der Waals surface area contributed by atoms with E-state index in [1.807, 2.05) is 0 Å². The zero-order valence-corrected chi connectivity index (χ0v) is 9.95. The highest BCUT2D eigenvalue weighted by Gasteiger charge is 2.18. The number of benzene rings is 1. The minimum absolute atomic E-state index is 0.0226. The van der Waals surface area contributed by atoms with Crippen molar-refractivity contribution >= 4 is 5.69 Å². The topological polar surface area (TPSA) is 87.6 Å². The number of ether oxygens (including phenoxy) is 2. The summed E-state index contributed by atoms with van der Waals surface area (Å²) in [7, 11) is 0. The van der Waals surface area contributed by atoms with Crippen molar-refractivity contribution in [1.82, 2.24) is 0 Å². The first-order chi connectivity index (χ1) is 8.66. The summed E-state index contributed by atoms with van der Waals surface area (Å²) in [5.74, 6) is 0. The Morgan fingerprint density at radius 1 is 1.28 bits per heavy atom. The molecule has 1 aromatic carbocycles. The lowest BCUT2D eigenvalue weighted by atomic mass is 10.1. The van der Waals surface area contributed by atoms with E-state index >= 15 is 0 Å². The van der Waals surface area contributed by atoms with E-state index < -0.39 is 11.2 Å². The fourth-order valence-corrected chi connectivity index (χ4v) is 1.82. The zero-order valence-electron chi connectivity index (χ0n) is 9.95. The molecule has 6 nitrogen and oxygen atoms in total. The van der Waals surface area contributed by atoms with Crippen LogP contribution in [-0.2, 0) is 9.47 Å². The van der Waals surface area contributed by atoms with Gasteiger partial charge in [0.05, 0.1) is 18.1 Å². The maximum absolute atomic E-state index is 10.6. The van der Waals surface area contributed by atoms with Crippen molar-refractivity contribution in [3.05, 3.63) is 39.9 Å². The van der Waals surface area contributed by atoms with Crippen molar-refractivity contribution < 1.29 is 14.4 Å². The summed E-state index contributed by atoms with van der Waals surface area (Å²) in [4.78, 5) is 10.1. The highest BCUT2D eigenvalue weighted by atomic mass is 16.7. The van der Waals surface area contributed by atoms with Gasteiger partial charge in [-0.2, -0.15) is 0 Å². The van der Waals surface area contributed by atoms with Crippen LogP contribution in [-0.4, -0.2) is 24.2 Å². The van der Waals surface area contributed by atoms with E-state index in [0.29, 0.717) is 13.2 Å². The van der Waals surface area contributed by atoms with Crippen LogP contribution in [0.2, 0.25) is 0 Å². The number of non-ortho nitro benzene ring substituents is 1. The standard InChI is InChI=1S/C12H16N2O4/c13-10-2-1-7-17-12(18-8-10)9-3-5-11(6-4-9)14(15)16/h3-6,10,12H,1-2,7-8,13H2/t10-,12+/m0/s1. The Kier molecular flexibility index (Phi) is 4.24. The van der Waals surface area contributed by atoms with Gasteiger partial charge in [0, 0.05) is 23.7 Å². The molecule has 98 valence electrons. The first-order valence-electron chi connectivity index (χ1n) is 5.90. The van der Waals surface area contributed by atoms with Crippen molar-refractivity contribution in [1.29, 1.82) is 0 Å². The molecule has 2 rings (SSSR count). The molecular weight excluding hydrogens is 236 g/mol. The number of rotatable bonds is 2. The maximum Gasteiger partial charge on any atom is 0.269 e. The van der Waals surface area contributed by atoms with Crippen molar-refractivity contribution in [3.8, 4) is 0 Å². The van der Waals surface area contributed by atoms with Gasteiger partial charge in [-0.3, -0.25) is 10.1 Å². The van der Waals surface area contributed by atoms with Crippen LogP contribution in [0.5, 0.6) is 0 Å². The first kappa shape index (κ1) is 12.9. The monoisotopic (exact) mass is 252 g/mol. The molecule has 18 heavy (non-hydrogen) atoms. The minimum Gasteiger partial charge on any atom is -0.348 e. The molecule has 2 N–H and O–H groups in total. The van der Waals surface area contributed by atoms with Gasteiger partial charge in [-0.05, 0) is 25.0 Å². The van der Waals surface area contributed by atoms with E-state index in [0.717, 1.165) is 18.4 Å². The fraction of sp³-hybridized carbons (Fsp3) is 0.500. The van der Waals surface area contributed by atoms with Crippen LogP contribution in [0.4, 0.5) is 5.69 Å². The third-order valence-electron chi connectivity index (χ3n) is 2.83. The number of hydrogen-bond donors (Lipinski definition) is 1. The fourth-order valence-electron chi connectivity index (χ4n) is 1.82. The Hall–Kier alpha value is -1.50. The van der Waals surface area contributed by atoms with Crippen LogP contribution in [0.25, 0.3) is 0 Å². The molecule has 1 aliphatic rings. The number of nitro benzene ring substituents is 1. The van der Waals surface area contributed by atoms with Crippen LogP contribution in [0.1, 0.15) is 24.7 Å². The molecular formula is C12H16N2O4. The molecule has 0 aromatic heterocycles. The van der Waals surface area contributed by atoms with Gasteiger partial charge in [0.2, 0.25) is 0 Å². The summed E-state index contributed by atoms with van der Waals surface area (Å²) in [6.07, 6.45) is 1.29. The van der Waals surface area contributed by atoms with E-state index in [1.54, 1.807) is 12.1 Å². The van der Waals surface area contributed by atoms with Gasteiger partial charge < -0.3 is 15.2 Å². The average molecular weight is 252 g/mol. The summed E-state index contributed by atoms with van der Waals surface area (Å²) in [6, 6.07) is 6.21. The molecule has 1 aliphatic heterocycles. The van der Waals surface area contributed by atoms with E-state index in [-0.39, 0.29) is 11.7 Å². The average Bonchev–Trinajstić information content (AvgIpc) is 2.35. The normalized spacial score (nSPS) is 25.2. The van der Waals surface area contributed by atoms with Crippen LogP contribution in [0.3, 0.4) is 0 Å². The Morgan fingerprint density at radius 2 is 2.00 bits per heavy atom. The number of hydrogen-bond acceptors (Lipinski definition) is 5. The second-order valence-corrected chi connectivity index (χ2v) is 4.29. The minimum atomic E-state index is -0.489. The molecule has 2 atom stereocenters.